The van der Waals surface area contributed by atoms with E-state index in [1.807, 2.05) is 30.3 Å². The Labute approximate surface area is 776 Å². The third kappa shape index (κ3) is 14.4. The highest BCUT2D eigenvalue weighted by molar-refractivity contribution is 9.10. The van der Waals surface area contributed by atoms with E-state index < -0.39 is 5.41 Å². The Balaban J connectivity index is 0.000000150. The number of hydrogen-bond donors (Lipinski definition) is 1. The van der Waals surface area contributed by atoms with Crippen LogP contribution in [0, 0.1) is 0 Å². The van der Waals surface area contributed by atoms with E-state index in [0.29, 0.717) is 0 Å². The van der Waals surface area contributed by atoms with Crippen molar-refractivity contribution in [2.24, 2.45) is 0 Å². The monoisotopic (exact) mass is 1790 g/mol. The topological polar surface area (TPSA) is 28.2 Å². The lowest BCUT2D eigenvalue weighted by atomic mass is 9.70. The molecule has 2 spiro atoms. The second kappa shape index (κ2) is 34.8. The zero-order valence-corrected chi connectivity index (χ0v) is 74.2. The van der Waals surface area contributed by atoms with Crippen molar-refractivity contribution in [2.75, 3.05) is 29.8 Å². The predicted octanol–water partition coefficient (Wildman–Crippen LogP) is 34.4. The molecule has 6 nitrogen and oxygen atoms in total. The summed E-state index contributed by atoms with van der Waals surface area (Å²) in [5.74, 6) is 0. The van der Waals surface area contributed by atoms with E-state index in [4.69, 9.17) is 0 Å². The Morgan fingerprint density at radius 1 is 0.138 bits per heavy atom. The van der Waals surface area contributed by atoms with Gasteiger partial charge < -0.3 is 29.8 Å². The number of halogens is 2. The van der Waals surface area contributed by atoms with Gasteiger partial charge in [-0.3, -0.25) is 0 Å². The summed E-state index contributed by atoms with van der Waals surface area (Å²) in [6.07, 6.45) is 0. The van der Waals surface area contributed by atoms with Crippen LogP contribution in [0.4, 0.5) is 96.7 Å². The Bertz CT molecular complexity index is 6960. The maximum atomic E-state index is 3.73. The summed E-state index contributed by atoms with van der Waals surface area (Å²) >= 11 is 7.45. The third-order valence-corrected chi connectivity index (χ3v) is 26.6. The van der Waals surface area contributed by atoms with Crippen molar-refractivity contribution in [3.63, 3.8) is 0 Å². The molecule has 130 heavy (non-hydrogen) atoms. The molecular weight excluding hydrogens is 1710 g/mol. The maximum absolute atomic E-state index is 3.73. The van der Waals surface area contributed by atoms with Gasteiger partial charge in [-0.25, -0.2) is 0 Å². The molecule has 1 N–H and O–H groups in total. The van der Waals surface area contributed by atoms with Crippen LogP contribution in [0.3, 0.4) is 0 Å². The molecule has 0 bridgehead atoms. The van der Waals surface area contributed by atoms with Gasteiger partial charge in [0.25, 0.3) is 0 Å². The Hall–Kier alpha value is -15.8. The molecule has 0 saturated heterocycles. The number of hydrogen-bond acceptors (Lipinski definition) is 6. The first-order valence-corrected chi connectivity index (χ1v) is 45.7. The molecule has 24 rings (SSSR count). The lowest BCUT2D eigenvalue weighted by Crippen LogP contribution is -2.26. The summed E-state index contributed by atoms with van der Waals surface area (Å²) in [6.45, 7) is 0. The minimum Gasteiger partial charge on any atom is -0.356 e. The fraction of sp³-hybridized carbons (Fsp3) is 0.0164. The molecule has 0 atom stereocenters. The van der Waals surface area contributed by atoms with Gasteiger partial charge in [-0.1, -0.05) is 317 Å². The number of benzene rings is 20. The van der Waals surface area contributed by atoms with Crippen LogP contribution in [-0.2, 0) is 10.8 Å². The van der Waals surface area contributed by atoms with Crippen molar-refractivity contribution in [2.45, 2.75) is 10.8 Å². The smallest absolute Gasteiger partial charge is 0.0727 e. The Morgan fingerprint density at radius 2 is 0.308 bits per heavy atom. The van der Waals surface area contributed by atoms with Crippen LogP contribution in [0.25, 0.3) is 44.5 Å². The van der Waals surface area contributed by atoms with E-state index in [9.17, 15) is 0 Å². The van der Waals surface area contributed by atoms with Crippen LogP contribution < -0.4 is 29.8 Å². The van der Waals surface area contributed by atoms with Crippen molar-refractivity contribution in [1.82, 2.24) is 0 Å². The summed E-state index contributed by atoms with van der Waals surface area (Å²) in [4.78, 5) is 11.7. The predicted molar refractivity (Wildman–Crippen MR) is 550 cm³/mol. The van der Waals surface area contributed by atoms with E-state index in [0.717, 1.165) is 106 Å². The fourth-order valence-corrected chi connectivity index (χ4v) is 20.9. The zero-order chi connectivity index (χ0) is 86.9. The first kappa shape index (κ1) is 80.0. The van der Waals surface area contributed by atoms with Crippen molar-refractivity contribution in [3.05, 3.63) is 569 Å². The van der Waals surface area contributed by atoms with E-state index in [-0.39, 0.29) is 5.41 Å². The number of nitrogens with one attached hydrogen (secondary N) is 1. The average Bonchev–Trinajstić information content (AvgIpc) is 1.51. The molecule has 0 radical (unpaired) electrons. The number of anilines is 17. The Morgan fingerprint density at radius 3 is 0.562 bits per heavy atom. The molecule has 4 aliphatic rings. The molecule has 0 aliphatic heterocycles. The van der Waals surface area contributed by atoms with Crippen LogP contribution in [0.2, 0.25) is 0 Å². The summed E-state index contributed by atoms with van der Waals surface area (Å²) < 4.78 is 2.24. The minimum absolute atomic E-state index is 0.259. The molecule has 0 fully saturated rings. The molecule has 618 valence electrons. The van der Waals surface area contributed by atoms with E-state index in [1.165, 1.54) is 89.0 Å². The molecule has 0 saturated carbocycles. The van der Waals surface area contributed by atoms with Crippen LogP contribution >= 0.6 is 31.9 Å². The van der Waals surface area contributed by atoms with Gasteiger partial charge >= 0.3 is 0 Å². The standard InChI is InChI=1S/C73H52N4.C25H14Br2.C24H20N2/c1-7-23-53(24-8-1)74(54-25-9-2-10-26-54)59-39-43-61(44-40-59)76(57-31-15-5-16-32-57)63-47-49-67-68-50-48-64(52-72(68)73(71(67)51-63)69-37-21-19-35-65(69)66-36-20-22-38-70(66)73)77(58-33-17-6-18-34-58)62-45-41-60(42-46-62)75(55-27-11-3-12-28-55)56-29-13-4-14-30-56;26-15-9-11-19-20-12-10-16(27)14-24(20)25(23(19)13-15)21-7-3-1-5-17(21)18-6-2-4-8-22(18)25;1-4-10-20(11-5-1)25-21-16-18-24(19-17-21)26(22-12-6-2-7-13-22)23-14-8-3-9-15-23/h1-52H;1-14H;1-19,25H. The Kier molecular flexibility index (Phi) is 21.4. The second-order valence-electron chi connectivity index (χ2n) is 33.0. The highest BCUT2D eigenvalue weighted by Gasteiger charge is 2.54. The molecule has 0 unspecified atom stereocenters. The molecule has 0 amide bonds. The largest absolute Gasteiger partial charge is 0.356 e. The van der Waals surface area contributed by atoms with Gasteiger partial charge in [0, 0.05) is 106 Å². The van der Waals surface area contributed by atoms with Crippen LogP contribution in [0.5, 0.6) is 0 Å². The molecule has 8 heteroatoms. The molecular formula is C122H86Br2N6. The lowest BCUT2D eigenvalue weighted by Gasteiger charge is -2.33. The van der Waals surface area contributed by atoms with Gasteiger partial charge in [0.15, 0.2) is 0 Å². The second-order valence-corrected chi connectivity index (χ2v) is 34.8. The average molecular weight is 1800 g/mol. The van der Waals surface area contributed by atoms with Gasteiger partial charge in [0.1, 0.15) is 0 Å². The number of para-hydroxylation sites is 9. The van der Waals surface area contributed by atoms with Crippen LogP contribution in [-0.4, -0.2) is 0 Å². The summed E-state index contributed by atoms with van der Waals surface area (Å²) in [5, 5.41) is 3.43. The van der Waals surface area contributed by atoms with Crippen LogP contribution in [0.1, 0.15) is 44.5 Å². The number of fused-ring (bicyclic) bond motifs is 20. The van der Waals surface area contributed by atoms with E-state index >= 15 is 0 Å². The van der Waals surface area contributed by atoms with Gasteiger partial charge in [-0.15, -0.1) is 0 Å². The minimum atomic E-state index is -0.611. The number of nitrogens with zero attached hydrogens (tertiary/aromatic N) is 5. The summed E-state index contributed by atoms with van der Waals surface area (Å²) in [6, 6.07) is 185. The fourth-order valence-electron chi connectivity index (χ4n) is 20.2. The molecule has 20 aromatic carbocycles. The van der Waals surface area contributed by atoms with Gasteiger partial charge in [0.05, 0.1) is 10.8 Å². The van der Waals surface area contributed by atoms with E-state index in [1.54, 1.807) is 0 Å². The summed E-state index contributed by atoms with van der Waals surface area (Å²) in [5.41, 5.74) is 38.7. The maximum Gasteiger partial charge on any atom is 0.0727 e. The van der Waals surface area contributed by atoms with Crippen molar-refractivity contribution < 1.29 is 0 Å². The third-order valence-electron chi connectivity index (χ3n) is 25.6. The lowest BCUT2D eigenvalue weighted by molar-refractivity contribution is 0.792. The normalized spacial score (nSPS) is 12.4. The first-order valence-electron chi connectivity index (χ1n) is 44.2. The van der Waals surface area contributed by atoms with Crippen molar-refractivity contribution in [1.29, 1.82) is 0 Å². The van der Waals surface area contributed by atoms with Crippen molar-refractivity contribution in [3.8, 4) is 44.5 Å². The number of rotatable bonds is 17. The molecule has 0 heterocycles. The summed E-state index contributed by atoms with van der Waals surface area (Å²) in [7, 11) is 0. The van der Waals surface area contributed by atoms with Crippen LogP contribution in [0.15, 0.2) is 525 Å². The molecule has 20 aromatic rings. The van der Waals surface area contributed by atoms with Gasteiger partial charge in [0.2, 0.25) is 0 Å². The molecule has 4 aliphatic carbocycles. The van der Waals surface area contributed by atoms with Gasteiger partial charge in [-0.05, 0) is 320 Å². The quantitative estimate of drug-likeness (QED) is 0.0977. The molecule has 0 aromatic heterocycles. The van der Waals surface area contributed by atoms with Crippen molar-refractivity contribution >= 4 is 129 Å². The zero-order valence-electron chi connectivity index (χ0n) is 71.1. The van der Waals surface area contributed by atoms with Gasteiger partial charge in [-0.2, -0.15) is 0 Å². The highest BCUT2D eigenvalue weighted by Crippen LogP contribution is 2.66. The van der Waals surface area contributed by atoms with E-state index in [2.05, 4.69) is 547 Å². The highest BCUT2D eigenvalue weighted by atomic mass is 79.9. The first-order chi connectivity index (χ1) is 64.3. The SMILES string of the molecule is Brc1ccc2c(c1)C1(c3ccccc3-c3ccccc31)c1cc(Br)ccc1-2.c1ccc(N(c2ccccc2)c2ccc(N(c3ccccc3)c3ccc4c(c3)C3(c5ccccc5-c5ccccc53)c3cc(N(c5ccccc5)c5ccc(N(c6ccccc6)c6ccccc6)cc5)ccc3-4)cc2)cc1.c1ccc(Nc2ccc(N(c3ccccc3)c3ccccc3)cc2)cc1.